The molecule has 20 heavy (non-hydrogen) atoms. The third-order valence-corrected chi connectivity index (χ3v) is 6.22. The SMILES string of the molecule is CCCNC1CCOCC1S(=O)(=O)c1ccc(Br)cc1. The molecule has 1 saturated heterocycles. The molecule has 4 nitrogen and oxygen atoms in total. The lowest BCUT2D eigenvalue weighted by molar-refractivity contribution is 0.0808. The summed E-state index contributed by atoms with van der Waals surface area (Å²) >= 11 is 3.32. The van der Waals surface area contributed by atoms with Crippen molar-refractivity contribution in [2.45, 2.75) is 36.0 Å². The molecule has 0 bridgehead atoms. The van der Waals surface area contributed by atoms with Gasteiger partial charge in [-0.1, -0.05) is 22.9 Å². The normalized spacial score (nSPS) is 23.7. The summed E-state index contributed by atoms with van der Waals surface area (Å²) in [6.07, 6.45) is 1.73. The Morgan fingerprint density at radius 3 is 2.70 bits per heavy atom. The van der Waals surface area contributed by atoms with Crippen molar-refractivity contribution in [2.24, 2.45) is 0 Å². The van der Waals surface area contributed by atoms with E-state index in [2.05, 4.69) is 28.2 Å². The van der Waals surface area contributed by atoms with Crippen molar-refractivity contribution in [3.05, 3.63) is 28.7 Å². The van der Waals surface area contributed by atoms with Crippen LogP contribution in [0.25, 0.3) is 0 Å². The first-order chi connectivity index (χ1) is 9.55. The number of benzene rings is 1. The summed E-state index contributed by atoms with van der Waals surface area (Å²) in [5.41, 5.74) is 0. The summed E-state index contributed by atoms with van der Waals surface area (Å²) < 4.78 is 31.7. The molecule has 2 atom stereocenters. The number of ether oxygens (including phenoxy) is 1. The van der Waals surface area contributed by atoms with E-state index in [1.807, 2.05) is 0 Å². The first-order valence-corrected chi connectivity index (χ1v) is 9.20. The smallest absolute Gasteiger partial charge is 0.185 e. The number of halogens is 1. The van der Waals surface area contributed by atoms with Gasteiger partial charge in [0.2, 0.25) is 0 Å². The lowest BCUT2D eigenvalue weighted by Crippen LogP contribution is -2.50. The molecule has 2 rings (SSSR count). The zero-order chi connectivity index (χ0) is 14.6. The molecule has 0 spiro atoms. The fourth-order valence-corrected chi connectivity index (χ4v) is 4.45. The average molecular weight is 362 g/mol. The molecule has 1 fully saturated rings. The van der Waals surface area contributed by atoms with Gasteiger partial charge in [-0.2, -0.15) is 0 Å². The lowest BCUT2D eigenvalue weighted by Gasteiger charge is -2.32. The second kappa shape index (κ2) is 7.02. The Bertz CT molecular complexity index is 530. The minimum atomic E-state index is -3.37. The molecule has 1 aliphatic heterocycles. The van der Waals surface area contributed by atoms with Crippen LogP contribution in [0, 0.1) is 0 Å². The highest BCUT2D eigenvalue weighted by Gasteiger charge is 2.36. The summed E-state index contributed by atoms with van der Waals surface area (Å²) in [5, 5.41) is 2.83. The molecule has 112 valence electrons. The van der Waals surface area contributed by atoms with Crippen LogP contribution in [0.4, 0.5) is 0 Å². The number of nitrogens with one attached hydrogen (secondary N) is 1. The maximum absolute atomic E-state index is 12.7. The van der Waals surface area contributed by atoms with Crippen LogP contribution in [-0.4, -0.2) is 39.5 Å². The van der Waals surface area contributed by atoms with Crippen molar-refractivity contribution in [3.8, 4) is 0 Å². The highest BCUT2D eigenvalue weighted by atomic mass is 79.9. The van der Waals surface area contributed by atoms with Crippen molar-refractivity contribution in [1.82, 2.24) is 5.32 Å². The summed E-state index contributed by atoms with van der Waals surface area (Å²) in [4.78, 5) is 0.361. The first-order valence-electron chi connectivity index (χ1n) is 6.86. The van der Waals surface area contributed by atoms with E-state index in [0.717, 1.165) is 23.9 Å². The maximum Gasteiger partial charge on any atom is 0.185 e. The highest BCUT2D eigenvalue weighted by molar-refractivity contribution is 9.10. The molecule has 6 heteroatoms. The molecule has 0 amide bonds. The largest absolute Gasteiger partial charge is 0.380 e. The second-order valence-electron chi connectivity index (χ2n) is 4.96. The van der Waals surface area contributed by atoms with Gasteiger partial charge in [-0.15, -0.1) is 0 Å². The highest BCUT2D eigenvalue weighted by Crippen LogP contribution is 2.24. The standard InChI is InChI=1S/C14H20BrNO3S/c1-2-8-16-13-7-9-19-10-14(13)20(17,18)12-5-3-11(15)4-6-12/h3-6,13-14,16H,2,7-10H2,1H3. The molecular formula is C14H20BrNO3S. The fraction of sp³-hybridized carbons (Fsp3) is 0.571. The Balaban J connectivity index is 2.23. The third-order valence-electron chi connectivity index (χ3n) is 3.50. The molecule has 1 heterocycles. The van der Waals surface area contributed by atoms with Gasteiger partial charge in [0.25, 0.3) is 0 Å². The number of hydrogen-bond acceptors (Lipinski definition) is 4. The summed E-state index contributed by atoms with van der Waals surface area (Å²) in [6, 6.07) is 6.77. The van der Waals surface area contributed by atoms with E-state index in [1.165, 1.54) is 0 Å². The molecule has 1 N–H and O–H groups in total. The van der Waals surface area contributed by atoms with E-state index in [0.29, 0.717) is 11.5 Å². The Labute approximate surface area is 129 Å². The predicted molar refractivity (Wildman–Crippen MR) is 82.6 cm³/mol. The van der Waals surface area contributed by atoms with Crippen LogP contribution in [0.2, 0.25) is 0 Å². The summed E-state index contributed by atoms with van der Waals surface area (Å²) in [6.45, 7) is 3.79. The predicted octanol–water partition coefficient (Wildman–Crippen LogP) is 2.38. The van der Waals surface area contributed by atoms with Gasteiger partial charge >= 0.3 is 0 Å². The van der Waals surface area contributed by atoms with Crippen LogP contribution in [0.1, 0.15) is 19.8 Å². The van der Waals surface area contributed by atoms with Gasteiger partial charge in [-0.25, -0.2) is 8.42 Å². The van der Waals surface area contributed by atoms with E-state index in [1.54, 1.807) is 24.3 Å². The van der Waals surface area contributed by atoms with E-state index in [-0.39, 0.29) is 12.6 Å². The second-order valence-corrected chi connectivity index (χ2v) is 8.04. The minimum Gasteiger partial charge on any atom is -0.380 e. The van der Waals surface area contributed by atoms with Crippen molar-refractivity contribution in [2.75, 3.05) is 19.8 Å². The first kappa shape index (κ1) is 15.9. The van der Waals surface area contributed by atoms with E-state index in [9.17, 15) is 8.42 Å². The zero-order valence-electron chi connectivity index (χ0n) is 11.5. The summed E-state index contributed by atoms with van der Waals surface area (Å²) in [5.74, 6) is 0. The quantitative estimate of drug-likeness (QED) is 0.874. The molecule has 0 saturated carbocycles. The Kier molecular flexibility index (Phi) is 5.60. The van der Waals surface area contributed by atoms with Crippen LogP contribution in [0.5, 0.6) is 0 Å². The van der Waals surface area contributed by atoms with E-state index in [4.69, 9.17) is 4.74 Å². The molecule has 2 unspecified atom stereocenters. The number of rotatable bonds is 5. The Morgan fingerprint density at radius 2 is 2.05 bits per heavy atom. The van der Waals surface area contributed by atoms with Gasteiger partial charge in [-0.3, -0.25) is 0 Å². The van der Waals surface area contributed by atoms with Crippen molar-refractivity contribution in [3.63, 3.8) is 0 Å². The molecule has 1 aromatic rings. The van der Waals surface area contributed by atoms with Crippen LogP contribution in [0.3, 0.4) is 0 Å². The van der Waals surface area contributed by atoms with Gasteiger partial charge < -0.3 is 10.1 Å². The third kappa shape index (κ3) is 3.61. The minimum absolute atomic E-state index is 0.0302. The Morgan fingerprint density at radius 1 is 1.35 bits per heavy atom. The topological polar surface area (TPSA) is 55.4 Å². The van der Waals surface area contributed by atoms with Gasteiger partial charge in [0, 0.05) is 17.1 Å². The van der Waals surface area contributed by atoms with Crippen LogP contribution in [-0.2, 0) is 14.6 Å². The van der Waals surface area contributed by atoms with Crippen LogP contribution >= 0.6 is 15.9 Å². The van der Waals surface area contributed by atoms with Crippen LogP contribution in [0.15, 0.2) is 33.6 Å². The molecule has 1 aromatic carbocycles. The van der Waals surface area contributed by atoms with Crippen molar-refractivity contribution >= 4 is 25.8 Å². The fourth-order valence-electron chi connectivity index (χ4n) is 2.38. The monoisotopic (exact) mass is 361 g/mol. The molecule has 0 radical (unpaired) electrons. The maximum atomic E-state index is 12.7. The number of sulfone groups is 1. The molecule has 0 aromatic heterocycles. The molecule has 1 aliphatic rings. The molecular weight excluding hydrogens is 342 g/mol. The van der Waals surface area contributed by atoms with E-state index >= 15 is 0 Å². The lowest BCUT2D eigenvalue weighted by atomic mass is 10.1. The van der Waals surface area contributed by atoms with Gasteiger partial charge in [0.05, 0.1) is 11.5 Å². The average Bonchev–Trinajstić information content (AvgIpc) is 2.46. The zero-order valence-corrected chi connectivity index (χ0v) is 13.9. The van der Waals surface area contributed by atoms with Gasteiger partial charge in [-0.05, 0) is 43.7 Å². The Hall–Kier alpha value is -0.430. The number of hydrogen-bond donors (Lipinski definition) is 1. The summed E-state index contributed by atoms with van der Waals surface area (Å²) in [7, 11) is -3.37. The van der Waals surface area contributed by atoms with E-state index < -0.39 is 15.1 Å². The van der Waals surface area contributed by atoms with Gasteiger partial charge in [0.1, 0.15) is 5.25 Å². The van der Waals surface area contributed by atoms with Crippen molar-refractivity contribution in [1.29, 1.82) is 0 Å². The van der Waals surface area contributed by atoms with Crippen molar-refractivity contribution < 1.29 is 13.2 Å². The van der Waals surface area contributed by atoms with Gasteiger partial charge in [0.15, 0.2) is 9.84 Å². The molecule has 0 aliphatic carbocycles. The van der Waals surface area contributed by atoms with Crippen LogP contribution < -0.4 is 5.32 Å².